The first-order valence-corrected chi connectivity index (χ1v) is 5.18. The topological polar surface area (TPSA) is 40.5 Å². The van der Waals surface area contributed by atoms with E-state index in [9.17, 15) is 9.50 Å². The Balaban J connectivity index is 2.52. The zero-order valence-electron chi connectivity index (χ0n) is 7.43. The van der Waals surface area contributed by atoms with Gasteiger partial charge >= 0.3 is 0 Å². The Hall–Kier alpha value is -0.610. The fourth-order valence-corrected chi connectivity index (χ4v) is 2.07. The van der Waals surface area contributed by atoms with Gasteiger partial charge in [0.2, 0.25) is 0 Å². The highest BCUT2D eigenvalue weighted by Crippen LogP contribution is 2.52. The SMILES string of the molecule is OCC1(c2cc(F)cc(Br)c2O)CC1. The number of aliphatic hydroxyl groups excluding tert-OH is 1. The fraction of sp³-hybridized carbons (Fsp3) is 0.400. The highest BCUT2D eigenvalue weighted by Gasteiger charge is 2.46. The molecule has 0 aromatic heterocycles. The number of phenolic OH excluding ortho intramolecular Hbond substituents is 1. The van der Waals surface area contributed by atoms with E-state index in [2.05, 4.69) is 15.9 Å². The Morgan fingerprint density at radius 1 is 1.43 bits per heavy atom. The average Bonchev–Trinajstić information content (AvgIpc) is 2.92. The van der Waals surface area contributed by atoms with Gasteiger partial charge in [-0.2, -0.15) is 0 Å². The van der Waals surface area contributed by atoms with E-state index in [0.29, 0.717) is 10.0 Å². The van der Waals surface area contributed by atoms with Crippen molar-refractivity contribution in [2.24, 2.45) is 0 Å². The molecule has 4 heteroatoms. The van der Waals surface area contributed by atoms with Crippen LogP contribution in [0.3, 0.4) is 0 Å². The maximum Gasteiger partial charge on any atom is 0.133 e. The Morgan fingerprint density at radius 2 is 2.07 bits per heavy atom. The van der Waals surface area contributed by atoms with E-state index >= 15 is 0 Å². The van der Waals surface area contributed by atoms with Crippen LogP contribution in [0.2, 0.25) is 0 Å². The Kier molecular flexibility index (Phi) is 2.27. The van der Waals surface area contributed by atoms with E-state index in [1.165, 1.54) is 12.1 Å². The smallest absolute Gasteiger partial charge is 0.133 e. The van der Waals surface area contributed by atoms with Crippen LogP contribution < -0.4 is 0 Å². The number of halogens is 2. The van der Waals surface area contributed by atoms with Crippen molar-refractivity contribution in [2.45, 2.75) is 18.3 Å². The molecule has 2 N–H and O–H groups in total. The van der Waals surface area contributed by atoms with Gasteiger partial charge in [0.1, 0.15) is 11.6 Å². The first kappa shape index (κ1) is 9.93. The molecule has 1 aliphatic carbocycles. The van der Waals surface area contributed by atoms with Crippen molar-refractivity contribution in [3.05, 3.63) is 28.0 Å². The van der Waals surface area contributed by atoms with Gasteiger partial charge in [0.05, 0.1) is 11.1 Å². The lowest BCUT2D eigenvalue weighted by molar-refractivity contribution is 0.251. The number of benzene rings is 1. The molecular formula is C10H10BrFO2. The normalized spacial score (nSPS) is 18.2. The molecule has 1 fully saturated rings. The molecule has 0 heterocycles. The minimum atomic E-state index is -0.408. The summed E-state index contributed by atoms with van der Waals surface area (Å²) >= 11 is 3.07. The van der Waals surface area contributed by atoms with Crippen molar-refractivity contribution in [2.75, 3.05) is 6.61 Å². The predicted octanol–water partition coefficient (Wildman–Crippen LogP) is 2.32. The fourth-order valence-electron chi connectivity index (χ4n) is 1.63. The molecule has 0 spiro atoms. The van der Waals surface area contributed by atoms with Crippen molar-refractivity contribution < 1.29 is 14.6 Å². The van der Waals surface area contributed by atoms with Crippen LogP contribution >= 0.6 is 15.9 Å². The lowest BCUT2D eigenvalue weighted by atomic mass is 9.96. The second kappa shape index (κ2) is 3.21. The maximum absolute atomic E-state index is 13.1. The first-order chi connectivity index (χ1) is 6.59. The lowest BCUT2D eigenvalue weighted by Gasteiger charge is -2.14. The van der Waals surface area contributed by atoms with Crippen molar-refractivity contribution in [3.8, 4) is 5.75 Å². The summed E-state index contributed by atoms with van der Waals surface area (Å²) in [5.41, 5.74) is 0.0983. The third kappa shape index (κ3) is 1.42. The van der Waals surface area contributed by atoms with Gasteiger partial charge in [-0.1, -0.05) is 0 Å². The van der Waals surface area contributed by atoms with Gasteiger partial charge in [-0.3, -0.25) is 0 Å². The lowest BCUT2D eigenvalue weighted by Crippen LogP contribution is -2.12. The third-order valence-electron chi connectivity index (χ3n) is 2.76. The summed E-state index contributed by atoms with van der Waals surface area (Å²) in [7, 11) is 0. The van der Waals surface area contributed by atoms with E-state index in [0.717, 1.165) is 12.8 Å². The van der Waals surface area contributed by atoms with E-state index in [-0.39, 0.29) is 12.4 Å². The first-order valence-electron chi connectivity index (χ1n) is 4.38. The molecule has 0 bridgehead atoms. The van der Waals surface area contributed by atoms with Crippen molar-refractivity contribution >= 4 is 15.9 Å². The number of rotatable bonds is 2. The highest BCUT2D eigenvalue weighted by molar-refractivity contribution is 9.10. The van der Waals surface area contributed by atoms with Crippen LogP contribution in [0.15, 0.2) is 16.6 Å². The van der Waals surface area contributed by atoms with Crippen LogP contribution in [0, 0.1) is 5.82 Å². The number of hydrogen-bond acceptors (Lipinski definition) is 2. The van der Waals surface area contributed by atoms with Crippen LogP contribution in [0.5, 0.6) is 5.75 Å². The molecule has 2 nitrogen and oxygen atoms in total. The predicted molar refractivity (Wildman–Crippen MR) is 53.8 cm³/mol. The van der Waals surface area contributed by atoms with Gasteiger partial charge in [-0.25, -0.2) is 4.39 Å². The monoisotopic (exact) mass is 260 g/mol. The van der Waals surface area contributed by atoms with Crippen LogP contribution in [0.25, 0.3) is 0 Å². The molecule has 0 atom stereocenters. The standard InChI is InChI=1S/C10H10BrFO2/c11-8-4-6(12)3-7(9(8)14)10(5-13)1-2-10/h3-4,13-14H,1-2,5H2. The van der Waals surface area contributed by atoms with Crippen molar-refractivity contribution in [1.82, 2.24) is 0 Å². The van der Waals surface area contributed by atoms with Gasteiger partial charge in [0.15, 0.2) is 0 Å². The molecular weight excluding hydrogens is 251 g/mol. The molecule has 2 rings (SSSR count). The highest BCUT2D eigenvalue weighted by atomic mass is 79.9. The quantitative estimate of drug-likeness (QED) is 0.857. The summed E-state index contributed by atoms with van der Waals surface area (Å²) in [6.07, 6.45) is 1.60. The molecule has 0 radical (unpaired) electrons. The molecule has 0 unspecified atom stereocenters. The number of phenols is 1. The van der Waals surface area contributed by atoms with Crippen molar-refractivity contribution in [3.63, 3.8) is 0 Å². The van der Waals surface area contributed by atoms with Crippen LogP contribution in [-0.2, 0) is 5.41 Å². The molecule has 1 aromatic rings. The van der Waals surface area contributed by atoms with Crippen LogP contribution in [0.1, 0.15) is 18.4 Å². The van der Waals surface area contributed by atoms with Crippen molar-refractivity contribution in [1.29, 1.82) is 0 Å². The summed E-state index contributed by atoms with van der Waals surface area (Å²) < 4.78 is 13.4. The van der Waals surface area contributed by atoms with Gasteiger partial charge in [-0.15, -0.1) is 0 Å². The zero-order chi connectivity index (χ0) is 10.3. The molecule has 0 saturated heterocycles. The number of aromatic hydroxyl groups is 1. The van der Waals surface area contributed by atoms with Crippen LogP contribution in [-0.4, -0.2) is 16.8 Å². The van der Waals surface area contributed by atoms with E-state index in [1.54, 1.807) is 0 Å². The summed E-state index contributed by atoms with van der Waals surface area (Å²) in [5.74, 6) is -0.359. The molecule has 14 heavy (non-hydrogen) atoms. The molecule has 1 aliphatic rings. The van der Waals surface area contributed by atoms with Gasteiger partial charge < -0.3 is 10.2 Å². The van der Waals surface area contributed by atoms with E-state index in [1.807, 2.05) is 0 Å². The molecule has 0 aliphatic heterocycles. The van der Waals surface area contributed by atoms with Gasteiger partial charge in [-0.05, 0) is 40.9 Å². The Labute approximate surface area is 89.5 Å². The number of hydrogen-bond donors (Lipinski definition) is 2. The Bertz CT molecular complexity index is 375. The second-order valence-corrected chi connectivity index (χ2v) is 4.58. The van der Waals surface area contributed by atoms with Crippen LogP contribution in [0.4, 0.5) is 4.39 Å². The average molecular weight is 261 g/mol. The molecule has 0 amide bonds. The van der Waals surface area contributed by atoms with Gasteiger partial charge in [0.25, 0.3) is 0 Å². The van der Waals surface area contributed by atoms with Gasteiger partial charge in [0, 0.05) is 11.0 Å². The summed E-state index contributed by atoms with van der Waals surface area (Å²) in [5, 5.41) is 18.9. The van der Waals surface area contributed by atoms with E-state index < -0.39 is 11.2 Å². The minimum absolute atomic E-state index is 0.0398. The summed E-state index contributed by atoms with van der Waals surface area (Å²) in [4.78, 5) is 0. The molecule has 1 saturated carbocycles. The largest absolute Gasteiger partial charge is 0.506 e. The summed E-state index contributed by atoms with van der Waals surface area (Å²) in [6.45, 7) is -0.0452. The van der Waals surface area contributed by atoms with E-state index in [4.69, 9.17) is 5.11 Å². The maximum atomic E-state index is 13.1. The number of aliphatic hydroxyl groups is 1. The second-order valence-electron chi connectivity index (χ2n) is 3.72. The zero-order valence-corrected chi connectivity index (χ0v) is 9.01. The Morgan fingerprint density at radius 3 is 2.57 bits per heavy atom. The molecule has 76 valence electrons. The minimum Gasteiger partial charge on any atom is -0.506 e. The summed E-state index contributed by atoms with van der Waals surface area (Å²) in [6, 6.07) is 2.51. The third-order valence-corrected chi connectivity index (χ3v) is 3.36. The molecule has 1 aromatic carbocycles.